The second-order valence-corrected chi connectivity index (χ2v) is 13.5. The van der Waals surface area contributed by atoms with Gasteiger partial charge in [-0.1, -0.05) is 84.0 Å². The first-order chi connectivity index (χ1) is 19.5. The summed E-state index contributed by atoms with van der Waals surface area (Å²) < 4.78 is 11.5. The third-order valence-electron chi connectivity index (χ3n) is 8.14. The maximum absolute atomic E-state index is 11.1. The number of phenolic OH excluding ortho intramolecular Hbond substituents is 1. The third kappa shape index (κ3) is 8.27. The van der Waals surface area contributed by atoms with Crippen molar-refractivity contribution in [3.05, 3.63) is 89.0 Å². The summed E-state index contributed by atoms with van der Waals surface area (Å²) in [6.07, 6.45) is 2.21. The van der Waals surface area contributed by atoms with Gasteiger partial charge in [0.05, 0.1) is 6.61 Å². The van der Waals surface area contributed by atoms with Crippen molar-refractivity contribution in [3.8, 4) is 11.5 Å². The highest BCUT2D eigenvalue weighted by Crippen LogP contribution is 2.40. The molecular formula is C36H50N2O3. The molecule has 222 valence electrons. The SMILES string of the molecule is COCCN(c1ccc(OCc2ccccc2)cc1)C1CCN(Cc2cc(C(C)(C)C)c(O)c(C(C)(C)C)c2)CC1. The number of methoxy groups -OCH3 is 1. The van der Waals surface area contributed by atoms with Gasteiger partial charge in [0, 0.05) is 45.0 Å². The minimum absolute atomic E-state index is 0.114. The molecule has 5 heteroatoms. The number of rotatable bonds is 10. The van der Waals surface area contributed by atoms with Gasteiger partial charge in [0.25, 0.3) is 0 Å². The average Bonchev–Trinajstić information content (AvgIpc) is 2.94. The summed E-state index contributed by atoms with van der Waals surface area (Å²) in [6.45, 7) is 18.2. The quantitative estimate of drug-likeness (QED) is 0.276. The first kappa shape index (κ1) is 30.9. The van der Waals surface area contributed by atoms with Crippen LogP contribution in [0.5, 0.6) is 11.5 Å². The normalized spacial score (nSPS) is 15.2. The number of nitrogens with zero attached hydrogens (tertiary/aromatic N) is 2. The number of hydrogen-bond acceptors (Lipinski definition) is 5. The van der Waals surface area contributed by atoms with Gasteiger partial charge in [0.1, 0.15) is 18.1 Å². The van der Waals surface area contributed by atoms with Crippen LogP contribution in [-0.2, 0) is 28.7 Å². The van der Waals surface area contributed by atoms with Gasteiger partial charge in [-0.3, -0.25) is 4.90 Å². The Hall–Kier alpha value is -3.02. The fourth-order valence-electron chi connectivity index (χ4n) is 5.76. The number of likely N-dealkylation sites (tertiary alicyclic amines) is 1. The van der Waals surface area contributed by atoms with Crippen LogP contribution in [-0.4, -0.2) is 49.4 Å². The lowest BCUT2D eigenvalue weighted by molar-refractivity contribution is 0.182. The van der Waals surface area contributed by atoms with Gasteiger partial charge >= 0.3 is 0 Å². The highest BCUT2D eigenvalue weighted by atomic mass is 16.5. The molecule has 0 atom stereocenters. The lowest BCUT2D eigenvalue weighted by atomic mass is 9.78. The van der Waals surface area contributed by atoms with E-state index in [0.29, 0.717) is 25.0 Å². The van der Waals surface area contributed by atoms with Crippen LogP contribution in [0.1, 0.15) is 76.6 Å². The van der Waals surface area contributed by atoms with E-state index in [2.05, 4.69) is 99.9 Å². The number of hydrogen-bond donors (Lipinski definition) is 1. The predicted molar refractivity (Wildman–Crippen MR) is 170 cm³/mol. The number of aromatic hydroxyl groups is 1. The Labute approximate surface area is 248 Å². The Morgan fingerprint density at radius 3 is 1.95 bits per heavy atom. The number of piperidine rings is 1. The molecule has 0 amide bonds. The summed E-state index contributed by atoms with van der Waals surface area (Å²) in [5.41, 5.74) is 5.53. The van der Waals surface area contributed by atoms with E-state index in [1.165, 1.54) is 16.8 Å². The number of ether oxygens (including phenoxy) is 2. The average molecular weight is 559 g/mol. The van der Waals surface area contributed by atoms with Crippen LogP contribution >= 0.6 is 0 Å². The molecule has 4 rings (SSSR count). The molecule has 0 saturated carbocycles. The van der Waals surface area contributed by atoms with Crippen LogP contribution in [0, 0.1) is 0 Å². The molecule has 0 aromatic heterocycles. The fraction of sp³-hybridized carbons (Fsp3) is 0.500. The van der Waals surface area contributed by atoms with E-state index in [4.69, 9.17) is 9.47 Å². The van der Waals surface area contributed by atoms with Crippen molar-refractivity contribution in [2.75, 3.05) is 38.3 Å². The van der Waals surface area contributed by atoms with Gasteiger partial charge < -0.3 is 19.5 Å². The second-order valence-electron chi connectivity index (χ2n) is 13.5. The molecule has 1 N–H and O–H groups in total. The molecule has 3 aromatic carbocycles. The Kier molecular flexibility index (Phi) is 10.0. The molecule has 1 heterocycles. The predicted octanol–water partition coefficient (Wildman–Crippen LogP) is 7.68. The highest BCUT2D eigenvalue weighted by molar-refractivity contribution is 5.51. The minimum Gasteiger partial charge on any atom is -0.507 e. The van der Waals surface area contributed by atoms with Gasteiger partial charge in [0.15, 0.2) is 0 Å². The van der Waals surface area contributed by atoms with E-state index in [9.17, 15) is 5.11 Å². The summed E-state index contributed by atoms with van der Waals surface area (Å²) in [5, 5.41) is 11.1. The van der Waals surface area contributed by atoms with E-state index in [0.717, 1.165) is 55.9 Å². The van der Waals surface area contributed by atoms with Crippen molar-refractivity contribution in [2.45, 2.75) is 84.4 Å². The fourth-order valence-corrected chi connectivity index (χ4v) is 5.76. The third-order valence-corrected chi connectivity index (χ3v) is 8.14. The van der Waals surface area contributed by atoms with Gasteiger partial charge in [0.2, 0.25) is 0 Å². The van der Waals surface area contributed by atoms with E-state index < -0.39 is 0 Å². The van der Waals surface area contributed by atoms with E-state index in [1.54, 1.807) is 7.11 Å². The first-order valence-electron chi connectivity index (χ1n) is 15.1. The van der Waals surface area contributed by atoms with Crippen molar-refractivity contribution < 1.29 is 14.6 Å². The number of anilines is 1. The van der Waals surface area contributed by atoms with Crippen molar-refractivity contribution in [1.82, 2.24) is 4.90 Å². The largest absolute Gasteiger partial charge is 0.507 e. The van der Waals surface area contributed by atoms with Crippen molar-refractivity contribution in [1.29, 1.82) is 0 Å². The molecule has 3 aromatic rings. The van der Waals surface area contributed by atoms with E-state index in [1.807, 2.05) is 18.2 Å². The standard InChI is InChI=1S/C36H50N2O3/c1-35(2,3)32-23-28(24-33(34(32)39)36(4,5)6)25-37-19-17-30(18-20-37)38(21-22-40-7)29-13-15-31(16-14-29)41-26-27-11-9-8-10-12-27/h8-16,23-24,30,39H,17-22,25-26H2,1-7H3. The van der Waals surface area contributed by atoms with Crippen molar-refractivity contribution >= 4 is 5.69 Å². The lowest BCUT2D eigenvalue weighted by Crippen LogP contribution is -2.46. The molecule has 1 fully saturated rings. The molecule has 0 spiro atoms. The minimum atomic E-state index is -0.114. The zero-order chi connectivity index (χ0) is 29.6. The molecule has 5 nitrogen and oxygen atoms in total. The summed E-state index contributed by atoms with van der Waals surface area (Å²) in [7, 11) is 1.77. The van der Waals surface area contributed by atoms with Crippen molar-refractivity contribution in [3.63, 3.8) is 0 Å². The lowest BCUT2D eigenvalue weighted by Gasteiger charge is -2.40. The zero-order valence-electron chi connectivity index (χ0n) is 26.2. The van der Waals surface area contributed by atoms with Crippen LogP contribution in [0.4, 0.5) is 5.69 Å². The van der Waals surface area contributed by atoms with Gasteiger partial charge in [-0.15, -0.1) is 0 Å². The van der Waals surface area contributed by atoms with Crippen LogP contribution in [0.3, 0.4) is 0 Å². The molecule has 41 heavy (non-hydrogen) atoms. The zero-order valence-corrected chi connectivity index (χ0v) is 26.2. The van der Waals surface area contributed by atoms with Crippen LogP contribution in [0.15, 0.2) is 66.7 Å². The van der Waals surface area contributed by atoms with E-state index >= 15 is 0 Å². The summed E-state index contributed by atoms with van der Waals surface area (Å²) in [4.78, 5) is 5.08. The van der Waals surface area contributed by atoms with Gasteiger partial charge in [-0.2, -0.15) is 0 Å². The van der Waals surface area contributed by atoms with Crippen LogP contribution < -0.4 is 9.64 Å². The smallest absolute Gasteiger partial charge is 0.123 e. The number of phenols is 1. The maximum Gasteiger partial charge on any atom is 0.123 e. The molecular weight excluding hydrogens is 508 g/mol. The molecule has 0 radical (unpaired) electrons. The summed E-state index contributed by atoms with van der Waals surface area (Å²) in [6, 6.07) is 23.7. The van der Waals surface area contributed by atoms with Crippen molar-refractivity contribution in [2.24, 2.45) is 0 Å². The Bertz CT molecular complexity index is 1200. The molecule has 1 aliphatic rings. The Balaban J connectivity index is 1.41. The summed E-state index contributed by atoms with van der Waals surface area (Å²) >= 11 is 0. The Morgan fingerprint density at radius 1 is 0.829 bits per heavy atom. The maximum atomic E-state index is 11.1. The monoisotopic (exact) mass is 558 g/mol. The van der Waals surface area contributed by atoms with Crippen LogP contribution in [0.2, 0.25) is 0 Å². The second kappa shape index (κ2) is 13.3. The molecule has 1 saturated heterocycles. The van der Waals surface area contributed by atoms with Gasteiger partial charge in [-0.25, -0.2) is 0 Å². The summed E-state index contributed by atoms with van der Waals surface area (Å²) in [5.74, 6) is 1.34. The number of benzene rings is 3. The molecule has 0 bridgehead atoms. The highest BCUT2D eigenvalue weighted by Gasteiger charge is 2.29. The van der Waals surface area contributed by atoms with Crippen LogP contribution in [0.25, 0.3) is 0 Å². The topological polar surface area (TPSA) is 45.2 Å². The first-order valence-corrected chi connectivity index (χ1v) is 15.1. The Morgan fingerprint density at radius 2 is 1.41 bits per heavy atom. The van der Waals surface area contributed by atoms with E-state index in [-0.39, 0.29) is 10.8 Å². The molecule has 0 aliphatic carbocycles. The van der Waals surface area contributed by atoms with Gasteiger partial charge in [-0.05, 0) is 70.2 Å². The molecule has 1 aliphatic heterocycles. The molecule has 0 unspecified atom stereocenters.